The van der Waals surface area contributed by atoms with Crippen LogP contribution in [0.25, 0.3) is 11.0 Å². The molecule has 1 saturated heterocycles. The van der Waals surface area contributed by atoms with Gasteiger partial charge < -0.3 is 14.4 Å². The Kier molecular flexibility index (Phi) is 6.55. The van der Waals surface area contributed by atoms with E-state index in [0.717, 1.165) is 56.0 Å². The Balaban J connectivity index is 1.34. The first-order valence-electron chi connectivity index (χ1n) is 11.1. The van der Waals surface area contributed by atoms with Crippen molar-refractivity contribution in [1.29, 1.82) is 0 Å². The van der Waals surface area contributed by atoms with Crippen molar-refractivity contribution in [3.63, 3.8) is 0 Å². The number of piperazine rings is 1. The molecule has 0 bridgehead atoms. The Morgan fingerprint density at radius 2 is 1.72 bits per heavy atom. The highest BCUT2D eigenvalue weighted by Gasteiger charge is 2.22. The maximum absolute atomic E-state index is 12.6. The zero-order valence-corrected chi connectivity index (χ0v) is 19.1. The van der Waals surface area contributed by atoms with E-state index in [0.29, 0.717) is 12.0 Å². The van der Waals surface area contributed by atoms with Gasteiger partial charge in [0.2, 0.25) is 5.91 Å². The van der Waals surface area contributed by atoms with Crippen molar-refractivity contribution < 1.29 is 9.59 Å². The van der Waals surface area contributed by atoms with Crippen molar-refractivity contribution in [2.75, 3.05) is 40.3 Å². The first-order chi connectivity index (χ1) is 15.4. The fraction of sp³-hybridized carbons (Fsp3) is 0.400. The van der Waals surface area contributed by atoms with Gasteiger partial charge in [-0.05, 0) is 30.2 Å². The molecule has 1 aliphatic heterocycles. The van der Waals surface area contributed by atoms with Crippen molar-refractivity contribution in [2.45, 2.75) is 19.4 Å². The average molecular weight is 434 g/mol. The minimum Gasteiger partial charge on any atom is -0.345 e. The Hall–Kier alpha value is -3.19. The number of carbonyl (C=O) groups excluding carboxylic acids is 2. The summed E-state index contributed by atoms with van der Waals surface area (Å²) in [6.07, 6.45) is 1.35. The molecule has 0 unspecified atom stereocenters. The van der Waals surface area contributed by atoms with Gasteiger partial charge in [0, 0.05) is 59.3 Å². The van der Waals surface area contributed by atoms with Gasteiger partial charge in [-0.25, -0.2) is 4.98 Å². The van der Waals surface area contributed by atoms with E-state index < -0.39 is 0 Å². The van der Waals surface area contributed by atoms with Gasteiger partial charge in [0.05, 0.1) is 17.6 Å². The zero-order valence-electron chi connectivity index (χ0n) is 19.1. The third-order valence-electron chi connectivity index (χ3n) is 6.19. The molecule has 0 spiro atoms. The summed E-state index contributed by atoms with van der Waals surface area (Å²) in [5.41, 5.74) is 3.71. The van der Waals surface area contributed by atoms with Crippen LogP contribution in [0.3, 0.4) is 0 Å². The van der Waals surface area contributed by atoms with Crippen molar-refractivity contribution >= 4 is 22.8 Å². The summed E-state index contributed by atoms with van der Waals surface area (Å²) in [6.45, 7) is 3.90. The molecule has 0 aliphatic carbocycles. The summed E-state index contributed by atoms with van der Waals surface area (Å²) in [4.78, 5) is 35.6. The summed E-state index contributed by atoms with van der Waals surface area (Å²) >= 11 is 0. The Morgan fingerprint density at radius 3 is 2.41 bits per heavy atom. The maximum Gasteiger partial charge on any atom is 0.253 e. The molecule has 1 fully saturated rings. The molecule has 2 heterocycles. The highest BCUT2D eigenvalue weighted by Crippen LogP contribution is 2.19. The highest BCUT2D eigenvalue weighted by atomic mass is 16.2. The molecule has 4 rings (SSSR count). The maximum atomic E-state index is 12.6. The second-order valence-corrected chi connectivity index (χ2v) is 8.63. The van der Waals surface area contributed by atoms with Crippen LogP contribution in [0.5, 0.6) is 0 Å². The lowest BCUT2D eigenvalue weighted by Gasteiger charge is -2.34. The summed E-state index contributed by atoms with van der Waals surface area (Å²) in [5.74, 6) is 1.18. The molecule has 7 nitrogen and oxygen atoms in total. The lowest BCUT2D eigenvalue weighted by atomic mass is 10.1. The third kappa shape index (κ3) is 4.83. The molecule has 0 saturated carbocycles. The van der Waals surface area contributed by atoms with E-state index in [9.17, 15) is 9.59 Å². The van der Waals surface area contributed by atoms with E-state index in [1.54, 1.807) is 19.0 Å². The minimum absolute atomic E-state index is 0.0212. The summed E-state index contributed by atoms with van der Waals surface area (Å²) in [6, 6.07) is 15.9. The van der Waals surface area contributed by atoms with Crippen molar-refractivity contribution in [3.05, 3.63) is 65.5 Å². The molecular weight excluding hydrogens is 402 g/mol. The van der Waals surface area contributed by atoms with Gasteiger partial charge in [0.25, 0.3) is 5.91 Å². The van der Waals surface area contributed by atoms with Crippen LogP contribution in [0.4, 0.5) is 0 Å². The van der Waals surface area contributed by atoms with E-state index in [1.807, 2.05) is 48.3 Å². The molecule has 3 aromatic rings. The molecule has 2 aromatic carbocycles. The van der Waals surface area contributed by atoms with E-state index >= 15 is 0 Å². The summed E-state index contributed by atoms with van der Waals surface area (Å²) in [7, 11) is 5.52. The standard InChI is InChI=1S/C25H31N5O2/c1-27(2)25(32)20-10-11-22-21(17-20)26-23(28(22)3)18-29-13-15-30(16-14-29)24(31)12-9-19-7-5-4-6-8-19/h4-8,10-11,17H,9,12-16,18H2,1-3H3. The number of aryl methyl sites for hydroxylation is 2. The van der Waals surface area contributed by atoms with Crippen LogP contribution in [0.15, 0.2) is 48.5 Å². The number of imidazole rings is 1. The lowest BCUT2D eigenvalue weighted by Crippen LogP contribution is -2.48. The van der Waals surface area contributed by atoms with Gasteiger partial charge >= 0.3 is 0 Å². The van der Waals surface area contributed by atoms with Gasteiger partial charge in [-0.1, -0.05) is 30.3 Å². The van der Waals surface area contributed by atoms with Gasteiger partial charge in [-0.15, -0.1) is 0 Å². The molecule has 1 aromatic heterocycles. The van der Waals surface area contributed by atoms with Crippen molar-refractivity contribution in [1.82, 2.24) is 24.3 Å². The van der Waals surface area contributed by atoms with E-state index in [1.165, 1.54) is 5.56 Å². The van der Waals surface area contributed by atoms with E-state index in [2.05, 4.69) is 21.6 Å². The van der Waals surface area contributed by atoms with Crippen molar-refractivity contribution in [3.8, 4) is 0 Å². The van der Waals surface area contributed by atoms with E-state index in [-0.39, 0.29) is 11.8 Å². The number of hydrogen-bond acceptors (Lipinski definition) is 4. The summed E-state index contributed by atoms with van der Waals surface area (Å²) < 4.78 is 2.09. The molecule has 2 amide bonds. The number of nitrogens with zero attached hydrogens (tertiary/aromatic N) is 5. The monoisotopic (exact) mass is 433 g/mol. The van der Waals surface area contributed by atoms with Gasteiger partial charge in [-0.2, -0.15) is 0 Å². The molecular formula is C25H31N5O2. The fourth-order valence-corrected chi connectivity index (χ4v) is 4.19. The molecule has 0 radical (unpaired) electrons. The zero-order chi connectivity index (χ0) is 22.7. The van der Waals surface area contributed by atoms with Gasteiger partial charge in [0.15, 0.2) is 0 Å². The molecule has 7 heteroatoms. The number of rotatable bonds is 6. The van der Waals surface area contributed by atoms with Crippen LogP contribution in [0.2, 0.25) is 0 Å². The molecule has 0 N–H and O–H groups in total. The SMILES string of the molecule is CN(C)C(=O)c1ccc2c(c1)nc(CN1CCN(C(=O)CCc3ccccc3)CC1)n2C. The van der Waals surface area contributed by atoms with Gasteiger partial charge in [-0.3, -0.25) is 14.5 Å². The molecule has 0 atom stereocenters. The predicted octanol–water partition coefficient (Wildman–Crippen LogP) is 2.55. The minimum atomic E-state index is -0.0212. The van der Waals surface area contributed by atoms with Crippen LogP contribution in [0, 0.1) is 0 Å². The second-order valence-electron chi connectivity index (χ2n) is 8.63. The topological polar surface area (TPSA) is 61.7 Å². The van der Waals surface area contributed by atoms with E-state index in [4.69, 9.17) is 4.98 Å². The quantitative estimate of drug-likeness (QED) is 0.600. The smallest absolute Gasteiger partial charge is 0.253 e. The predicted molar refractivity (Wildman–Crippen MR) is 125 cm³/mol. The normalized spacial score (nSPS) is 14.7. The van der Waals surface area contributed by atoms with Crippen LogP contribution in [-0.2, 0) is 24.8 Å². The number of carbonyl (C=O) groups is 2. The first-order valence-corrected chi connectivity index (χ1v) is 11.1. The van der Waals surface area contributed by atoms with Crippen molar-refractivity contribution in [2.24, 2.45) is 7.05 Å². The largest absolute Gasteiger partial charge is 0.345 e. The Morgan fingerprint density at radius 1 is 1.00 bits per heavy atom. The molecule has 32 heavy (non-hydrogen) atoms. The number of amides is 2. The van der Waals surface area contributed by atoms with Crippen LogP contribution < -0.4 is 0 Å². The Bertz CT molecular complexity index is 1100. The number of benzene rings is 2. The Labute approximate surface area is 189 Å². The highest BCUT2D eigenvalue weighted by molar-refractivity contribution is 5.97. The average Bonchev–Trinajstić information content (AvgIpc) is 3.12. The van der Waals surface area contributed by atoms with Crippen LogP contribution in [-0.4, -0.2) is 76.3 Å². The molecule has 1 aliphatic rings. The van der Waals surface area contributed by atoms with Crippen LogP contribution >= 0.6 is 0 Å². The first kappa shape index (κ1) is 22.0. The molecule has 168 valence electrons. The third-order valence-corrected chi connectivity index (χ3v) is 6.19. The summed E-state index contributed by atoms with van der Waals surface area (Å²) in [5, 5.41) is 0. The van der Waals surface area contributed by atoms with Crippen LogP contribution in [0.1, 0.15) is 28.2 Å². The number of aromatic nitrogens is 2. The lowest BCUT2D eigenvalue weighted by molar-refractivity contribution is -0.133. The number of hydrogen-bond donors (Lipinski definition) is 0. The van der Waals surface area contributed by atoms with Gasteiger partial charge in [0.1, 0.15) is 5.82 Å². The fourth-order valence-electron chi connectivity index (χ4n) is 4.19. The number of fused-ring (bicyclic) bond motifs is 1. The second kappa shape index (κ2) is 9.53.